The molecule has 2 rings (SSSR count). The Morgan fingerprint density at radius 2 is 2.10 bits per heavy atom. The lowest BCUT2D eigenvalue weighted by Crippen LogP contribution is -2.15. The predicted octanol–water partition coefficient (Wildman–Crippen LogP) is 4.47. The molecule has 0 fully saturated rings. The van der Waals surface area contributed by atoms with Crippen LogP contribution in [0.3, 0.4) is 0 Å². The highest BCUT2D eigenvalue weighted by Crippen LogP contribution is 2.26. The maximum absolute atomic E-state index is 13.7. The van der Waals surface area contributed by atoms with Crippen LogP contribution < -0.4 is 10.1 Å². The van der Waals surface area contributed by atoms with Crippen molar-refractivity contribution >= 4 is 11.6 Å². The van der Waals surface area contributed by atoms with Gasteiger partial charge in [-0.05, 0) is 43.7 Å². The predicted molar refractivity (Wildman–Crippen MR) is 82.5 cm³/mol. The molecule has 0 bridgehead atoms. The van der Waals surface area contributed by atoms with E-state index in [0.29, 0.717) is 23.1 Å². The number of nitrogens with zero attached hydrogens (tertiary/aromatic N) is 1. The van der Waals surface area contributed by atoms with Gasteiger partial charge >= 0.3 is 0 Å². The summed E-state index contributed by atoms with van der Waals surface area (Å²) in [5.74, 6) is 0.0810. The van der Waals surface area contributed by atoms with Gasteiger partial charge in [-0.3, -0.25) is 0 Å². The molecule has 1 heterocycles. The molecule has 0 saturated carbocycles. The van der Waals surface area contributed by atoms with Gasteiger partial charge in [-0.1, -0.05) is 24.6 Å². The van der Waals surface area contributed by atoms with Gasteiger partial charge in [0, 0.05) is 12.6 Å². The number of hydrogen-bond donors (Lipinski definition) is 1. The van der Waals surface area contributed by atoms with Gasteiger partial charge in [0.2, 0.25) is 5.88 Å². The molecule has 112 valence electrons. The second-order valence-corrected chi connectivity index (χ2v) is 5.20. The average Bonchev–Trinajstić information content (AvgIpc) is 2.46. The van der Waals surface area contributed by atoms with Crippen LogP contribution >= 0.6 is 11.6 Å². The van der Waals surface area contributed by atoms with E-state index in [1.54, 1.807) is 24.3 Å². The maximum Gasteiger partial charge on any atom is 0.219 e. The van der Waals surface area contributed by atoms with Crippen LogP contribution in [0.2, 0.25) is 5.02 Å². The van der Waals surface area contributed by atoms with Crippen LogP contribution in [0.4, 0.5) is 4.39 Å². The van der Waals surface area contributed by atoms with E-state index in [2.05, 4.69) is 17.2 Å². The largest absolute Gasteiger partial charge is 0.436 e. The lowest BCUT2D eigenvalue weighted by molar-refractivity contribution is 0.425. The third-order valence-corrected chi connectivity index (χ3v) is 3.26. The molecular weight excluding hydrogens is 291 g/mol. The number of ether oxygens (including phenoxy) is 1. The summed E-state index contributed by atoms with van der Waals surface area (Å²) in [7, 11) is 0. The minimum Gasteiger partial charge on any atom is -0.436 e. The number of pyridine rings is 1. The van der Waals surface area contributed by atoms with Crippen LogP contribution in [-0.2, 0) is 6.54 Å². The van der Waals surface area contributed by atoms with Gasteiger partial charge < -0.3 is 10.1 Å². The number of rotatable bonds is 6. The molecule has 5 heteroatoms. The van der Waals surface area contributed by atoms with Crippen molar-refractivity contribution in [3.05, 3.63) is 52.4 Å². The van der Waals surface area contributed by atoms with Crippen LogP contribution in [-0.4, -0.2) is 11.5 Å². The fraction of sp³-hybridized carbons (Fsp3) is 0.312. The van der Waals surface area contributed by atoms with Gasteiger partial charge in [0.15, 0.2) is 11.6 Å². The molecule has 0 saturated heterocycles. The number of nitrogens with one attached hydrogen (secondary N) is 1. The monoisotopic (exact) mass is 308 g/mol. The highest BCUT2D eigenvalue weighted by molar-refractivity contribution is 6.31. The van der Waals surface area contributed by atoms with Crippen LogP contribution in [0.5, 0.6) is 11.6 Å². The Labute approximate surface area is 129 Å². The Bertz CT molecular complexity index is 619. The Morgan fingerprint density at radius 1 is 1.29 bits per heavy atom. The Balaban J connectivity index is 2.16. The van der Waals surface area contributed by atoms with Gasteiger partial charge in [0.25, 0.3) is 0 Å². The van der Waals surface area contributed by atoms with Crippen LogP contribution in [0.15, 0.2) is 30.3 Å². The standard InChI is InChI=1S/C16H18ClFN2O/c1-3-8-19-10-14-12(17)5-7-16(20-14)21-15-9-11(2)4-6-13(15)18/h4-7,9,19H,3,8,10H2,1-2H3. The molecular formula is C16H18ClFN2O. The van der Waals surface area contributed by atoms with Gasteiger partial charge in [0.1, 0.15) is 0 Å². The van der Waals surface area contributed by atoms with Crippen molar-refractivity contribution in [2.75, 3.05) is 6.54 Å². The molecule has 0 aliphatic carbocycles. The van der Waals surface area contributed by atoms with E-state index in [0.717, 1.165) is 18.5 Å². The smallest absolute Gasteiger partial charge is 0.219 e. The first-order chi connectivity index (χ1) is 10.1. The van der Waals surface area contributed by atoms with Crippen molar-refractivity contribution in [3.63, 3.8) is 0 Å². The number of benzene rings is 1. The summed E-state index contributed by atoms with van der Waals surface area (Å²) in [5, 5.41) is 3.79. The molecule has 0 amide bonds. The summed E-state index contributed by atoms with van der Waals surface area (Å²) < 4.78 is 19.2. The van der Waals surface area contributed by atoms with Crippen LogP contribution in [0, 0.1) is 12.7 Å². The molecule has 0 aliphatic heterocycles. The Hall–Kier alpha value is -1.65. The third kappa shape index (κ3) is 4.41. The molecule has 0 aliphatic rings. The number of hydrogen-bond acceptors (Lipinski definition) is 3. The molecule has 1 N–H and O–H groups in total. The van der Waals surface area contributed by atoms with E-state index < -0.39 is 5.82 Å². The van der Waals surface area contributed by atoms with Crippen molar-refractivity contribution < 1.29 is 9.13 Å². The summed E-state index contributed by atoms with van der Waals surface area (Å²) in [6.45, 7) is 5.40. The SMILES string of the molecule is CCCNCc1nc(Oc2cc(C)ccc2F)ccc1Cl. The fourth-order valence-corrected chi connectivity index (χ4v) is 2.00. The normalized spacial score (nSPS) is 10.7. The zero-order chi connectivity index (χ0) is 15.2. The Morgan fingerprint density at radius 3 is 2.86 bits per heavy atom. The topological polar surface area (TPSA) is 34.2 Å². The first-order valence-corrected chi connectivity index (χ1v) is 7.28. The highest BCUT2D eigenvalue weighted by atomic mass is 35.5. The zero-order valence-electron chi connectivity index (χ0n) is 12.1. The van der Waals surface area contributed by atoms with E-state index in [1.165, 1.54) is 6.07 Å². The van der Waals surface area contributed by atoms with Gasteiger partial charge in [-0.25, -0.2) is 9.37 Å². The minimum absolute atomic E-state index is 0.164. The molecule has 2 aromatic rings. The number of halogens is 2. The van der Waals surface area contributed by atoms with E-state index >= 15 is 0 Å². The molecule has 21 heavy (non-hydrogen) atoms. The molecule has 0 unspecified atom stereocenters. The summed E-state index contributed by atoms with van der Waals surface area (Å²) in [5.41, 5.74) is 1.61. The first kappa shape index (κ1) is 15.7. The van der Waals surface area contributed by atoms with Crippen molar-refractivity contribution in [3.8, 4) is 11.6 Å². The molecule has 1 aromatic carbocycles. The summed E-state index contributed by atoms with van der Waals surface area (Å²) in [4.78, 5) is 4.33. The van der Waals surface area contributed by atoms with E-state index in [4.69, 9.17) is 16.3 Å². The van der Waals surface area contributed by atoms with E-state index in [9.17, 15) is 4.39 Å². The Kier molecular flexibility index (Phi) is 5.53. The van der Waals surface area contributed by atoms with E-state index in [1.807, 2.05) is 6.92 Å². The first-order valence-electron chi connectivity index (χ1n) is 6.90. The van der Waals surface area contributed by atoms with Crippen molar-refractivity contribution in [1.82, 2.24) is 10.3 Å². The van der Waals surface area contributed by atoms with Crippen molar-refractivity contribution in [2.24, 2.45) is 0 Å². The third-order valence-electron chi connectivity index (χ3n) is 2.91. The molecule has 0 spiro atoms. The zero-order valence-corrected chi connectivity index (χ0v) is 12.9. The number of aryl methyl sites for hydroxylation is 1. The maximum atomic E-state index is 13.7. The van der Waals surface area contributed by atoms with Crippen molar-refractivity contribution in [1.29, 1.82) is 0 Å². The summed E-state index contributed by atoms with van der Waals surface area (Å²) in [6.07, 6.45) is 1.03. The van der Waals surface area contributed by atoms with Crippen LogP contribution in [0.25, 0.3) is 0 Å². The lowest BCUT2D eigenvalue weighted by atomic mass is 10.2. The fourth-order valence-electron chi connectivity index (χ4n) is 1.83. The molecule has 1 aromatic heterocycles. The second-order valence-electron chi connectivity index (χ2n) is 4.79. The highest BCUT2D eigenvalue weighted by Gasteiger charge is 2.09. The molecule has 3 nitrogen and oxygen atoms in total. The molecule has 0 atom stereocenters. The summed E-state index contributed by atoms with van der Waals surface area (Å²) >= 11 is 6.10. The average molecular weight is 309 g/mol. The second kappa shape index (κ2) is 7.38. The minimum atomic E-state index is -0.414. The lowest BCUT2D eigenvalue weighted by Gasteiger charge is -2.10. The van der Waals surface area contributed by atoms with Gasteiger partial charge in [-0.2, -0.15) is 0 Å². The summed E-state index contributed by atoms with van der Waals surface area (Å²) in [6, 6.07) is 8.05. The van der Waals surface area contributed by atoms with Crippen molar-refractivity contribution in [2.45, 2.75) is 26.8 Å². The molecule has 0 radical (unpaired) electrons. The van der Waals surface area contributed by atoms with E-state index in [-0.39, 0.29) is 5.75 Å². The van der Waals surface area contributed by atoms with Gasteiger partial charge in [0.05, 0.1) is 10.7 Å². The van der Waals surface area contributed by atoms with Gasteiger partial charge in [-0.15, -0.1) is 0 Å². The van der Waals surface area contributed by atoms with Crippen LogP contribution in [0.1, 0.15) is 24.6 Å². The number of aromatic nitrogens is 1. The quantitative estimate of drug-likeness (QED) is 0.799.